The van der Waals surface area contributed by atoms with Crippen molar-refractivity contribution in [3.8, 4) is 0 Å². The largest absolute Gasteiger partial charge is 0.348 e. The number of nitrogens with one attached hydrogen (secondary N) is 1. The van der Waals surface area contributed by atoms with E-state index in [1.165, 1.54) is 10.7 Å². The van der Waals surface area contributed by atoms with Gasteiger partial charge in [-0.15, -0.1) is 0 Å². The Morgan fingerprint density at radius 2 is 2.00 bits per heavy atom. The molecule has 0 fully saturated rings. The molecule has 10 heteroatoms. The molecule has 0 spiro atoms. The van der Waals surface area contributed by atoms with Crippen LogP contribution in [0.3, 0.4) is 0 Å². The molecule has 3 rings (SSSR count). The second-order valence-electron chi connectivity index (χ2n) is 6.51. The van der Waals surface area contributed by atoms with Crippen molar-refractivity contribution in [3.63, 3.8) is 0 Å². The van der Waals surface area contributed by atoms with E-state index in [0.29, 0.717) is 6.42 Å². The molecular formula is C18H19F4N5O. The number of H-pyrrole nitrogens is 1. The molecule has 0 amide bonds. The van der Waals surface area contributed by atoms with E-state index in [9.17, 15) is 22.4 Å². The molecule has 0 radical (unpaired) electrons. The van der Waals surface area contributed by atoms with Gasteiger partial charge < -0.3 is 4.90 Å². The van der Waals surface area contributed by atoms with Crippen LogP contribution in [0, 0.1) is 5.82 Å². The first kappa shape index (κ1) is 19.8. The number of halogens is 4. The van der Waals surface area contributed by atoms with Crippen molar-refractivity contribution in [3.05, 3.63) is 51.2 Å². The van der Waals surface area contributed by atoms with Crippen molar-refractivity contribution >= 4 is 17.0 Å². The number of aromatic nitrogens is 4. The molecule has 0 aliphatic heterocycles. The zero-order valence-electron chi connectivity index (χ0n) is 15.5. The van der Waals surface area contributed by atoms with Crippen LogP contribution >= 0.6 is 0 Å². The fourth-order valence-corrected chi connectivity index (χ4v) is 3.10. The van der Waals surface area contributed by atoms with Crippen LogP contribution in [-0.2, 0) is 6.67 Å². The van der Waals surface area contributed by atoms with E-state index < -0.39 is 36.1 Å². The summed E-state index contributed by atoms with van der Waals surface area (Å²) in [5.41, 5.74) is -0.900. The smallest absolute Gasteiger partial charge is 0.263 e. The standard InChI is InChI=1S/C18H19F4N5O/c1-4-13(10-6-5-9(15(21)22)7-11(10)20)27-16-14(12(8-19)25-27)17(28)24-18(23-16)26(2)3/h5-7,13,15H,4,8H2,1-3H3,(H,23,24,28)/t13-/m1/s1. The summed E-state index contributed by atoms with van der Waals surface area (Å²) in [6, 6.07) is 2.42. The highest BCUT2D eigenvalue weighted by molar-refractivity contribution is 5.78. The summed E-state index contributed by atoms with van der Waals surface area (Å²) in [5, 5.41) is 4.12. The minimum Gasteiger partial charge on any atom is -0.348 e. The van der Waals surface area contributed by atoms with Gasteiger partial charge in [0.05, 0.1) is 6.04 Å². The Balaban J connectivity index is 2.24. The highest BCUT2D eigenvalue weighted by Gasteiger charge is 2.25. The van der Waals surface area contributed by atoms with Gasteiger partial charge in [-0.2, -0.15) is 10.1 Å². The minimum absolute atomic E-state index is 0.0174. The normalized spacial score (nSPS) is 12.7. The van der Waals surface area contributed by atoms with Crippen LogP contribution < -0.4 is 10.5 Å². The summed E-state index contributed by atoms with van der Waals surface area (Å²) in [5.74, 6) is -0.597. The molecule has 1 aromatic carbocycles. The van der Waals surface area contributed by atoms with Gasteiger partial charge in [0, 0.05) is 25.2 Å². The molecule has 150 valence electrons. The number of alkyl halides is 3. The lowest BCUT2D eigenvalue weighted by molar-refractivity contribution is 0.151. The molecule has 0 aliphatic rings. The van der Waals surface area contributed by atoms with Crippen molar-refractivity contribution in [1.82, 2.24) is 19.7 Å². The second-order valence-corrected chi connectivity index (χ2v) is 6.51. The van der Waals surface area contributed by atoms with Gasteiger partial charge in [0.25, 0.3) is 12.0 Å². The zero-order chi connectivity index (χ0) is 20.6. The molecule has 0 aliphatic carbocycles. The average molecular weight is 397 g/mol. The lowest BCUT2D eigenvalue weighted by Gasteiger charge is -2.19. The Labute approximate surface area is 157 Å². The van der Waals surface area contributed by atoms with Crippen LogP contribution in [0.1, 0.15) is 42.6 Å². The molecule has 0 saturated carbocycles. The maximum Gasteiger partial charge on any atom is 0.263 e. The maximum atomic E-state index is 14.6. The molecule has 0 bridgehead atoms. The lowest BCUT2D eigenvalue weighted by atomic mass is 10.0. The van der Waals surface area contributed by atoms with Crippen LogP contribution in [0.15, 0.2) is 23.0 Å². The Hall–Kier alpha value is -2.91. The molecule has 3 aromatic rings. The number of hydrogen-bond acceptors (Lipinski definition) is 4. The molecule has 28 heavy (non-hydrogen) atoms. The molecule has 0 saturated heterocycles. The van der Waals surface area contributed by atoms with Crippen LogP contribution in [0.25, 0.3) is 11.0 Å². The highest BCUT2D eigenvalue weighted by Crippen LogP contribution is 2.30. The highest BCUT2D eigenvalue weighted by atomic mass is 19.3. The average Bonchev–Trinajstić information content (AvgIpc) is 3.02. The Bertz CT molecular complexity index is 1060. The van der Waals surface area contributed by atoms with E-state index in [1.54, 1.807) is 25.9 Å². The number of hydrogen-bond donors (Lipinski definition) is 1. The molecule has 1 atom stereocenters. The van der Waals surface area contributed by atoms with E-state index in [0.717, 1.165) is 12.1 Å². The summed E-state index contributed by atoms with van der Waals surface area (Å²) in [4.78, 5) is 20.9. The number of rotatable bonds is 6. The van der Waals surface area contributed by atoms with Gasteiger partial charge in [-0.25, -0.2) is 22.2 Å². The fourth-order valence-electron chi connectivity index (χ4n) is 3.10. The number of benzene rings is 1. The van der Waals surface area contributed by atoms with Crippen molar-refractivity contribution in [2.45, 2.75) is 32.5 Å². The summed E-state index contributed by atoms with van der Waals surface area (Å²) >= 11 is 0. The molecule has 2 heterocycles. The first-order valence-electron chi connectivity index (χ1n) is 8.60. The molecule has 2 aromatic heterocycles. The van der Waals surface area contributed by atoms with Crippen molar-refractivity contribution in [1.29, 1.82) is 0 Å². The van der Waals surface area contributed by atoms with Crippen LogP contribution in [-0.4, -0.2) is 33.8 Å². The quantitative estimate of drug-likeness (QED) is 0.644. The van der Waals surface area contributed by atoms with E-state index in [4.69, 9.17) is 0 Å². The molecule has 6 nitrogen and oxygen atoms in total. The summed E-state index contributed by atoms with van der Waals surface area (Å²) < 4.78 is 55.0. The molecule has 0 unspecified atom stereocenters. The van der Waals surface area contributed by atoms with Gasteiger partial charge in [-0.1, -0.05) is 19.1 Å². The SMILES string of the molecule is CC[C@H](c1ccc(C(F)F)cc1F)n1nc(CF)c2c(=O)[nH]c(N(C)C)nc21. The third-order valence-electron chi connectivity index (χ3n) is 4.49. The number of anilines is 1. The van der Waals surface area contributed by atoms with Crippen LogP contribution in [0.2, 0.25) is 0 Å². The Kier molecular flexibility index (Phi) is 5.39. The molecule has 1 N–H and O–H groups in total. The van der Waals surface area contributed by atoms with E-state index >= 15 is 0 Å². The van der Waals surface area contributed by atoms with E-state index in [1.807, 2.05) is 0 Å². The first-order valence-corrected chi connectivity index (χ1v) is 8.60. The lowest BCUT2D eigenvalue weighted by Crippen LogP contribution is -2.20. The maximum absolute atomic E-state index is 14.6. The monoisotopic (exact) mass is 397 g/mol. The van der Waals surface area contributed by atoms with E-state index in [2.05, 4.69) is 15.1 Å². The second kappa shape index (κ2) is 7.61. The predicted molar refractivity (Wildman–Crippen MR) is 97.1 cm³/mol. The summed E-state index contributed by atoms with van der Waals surface area (Å²) in [6.07, 6.45) is -2.48. The van der Waals surface area contributed by atoms with Gasteiger partial charge in [0.15, 0.2) is 5.65 Å². The van der Waals surface area contributed by atoms with Gasteiger partial charge in [-0.3, -0.25) is 9.78 Å². The van der Waals surface area contributed by atoms with Crippen molar-refractivity contribution in [2.24, 2.45) is 0 Å². The van der Waals surface area contributed by atoms with Crippen molar-refractivity contribution in [2.75, 3.05) is 19.0 Å². The number of fused-ring (bicyclic) bond motifs is 1. The van der Waals surface area contributed by atoms with Gasteiger partial charge in [0.2, 0.25) is 5.95 Å². The summed E-state index contributed by atoms with van der Waals surface area (Å²) in [6.45, 7) is 0.743. The van der Waals surface area contributed by atoms with E-state index in [-0.39, 0.29) is 28.2 Å². The number of aromatic amines is 1. The first-order chi connectivity index (χ1) is 13.3. The number of nitrogens with zero attached hydrogens (tertiary/aromatic N) is 4. The minimum atomic E-state index is -2.80. The third-order valence-corrected chi connectivity index (χ3v) is 4.49. The van der Waals surface area contributed by atoms with Crippen LogP contribution in [0.5, 0.6) is 0 Å². The van der Waals surface area contributed by atoms with Gasteiger partial charge >= 0.3 is 0 Å². The summed E-state index contributed by atoms with van der Waals surface area (Å²) in [7, 11) is 3.34. The van der Waals surface area contributed by atoms with Crippen molar-refractivity contribution < 1.29 is 17.6 Å². The third kappa shape index (κ3) is 3.34. The zero-order valence-corrected chi connectivity index (χ0v) is 15.5. The Morgan fingerprint density at radius 1 is 1.29 bits per heavy atom. The topological polar surface area (TPSA) is 66.8 Å². The van der Waals surface area contributed by atoms with Gasteiger partial charge in [-0.05, 0) is 12.5 Å². The molecular weight excluding hydrogens is 378 g/mol. The van der Waals surface area contributed by atoms with Gasteiger partial charge in [0.1, 0.15) is 23.6 Å². The Morgan fingerprint density at radius 3 is 2.54 bits per heavy atom. The van der Waals surface area contributed by atoms with Crippen LogP contribution in [0.4, 0.5) is 23.5 Å². The fraction of sp³-hybridized carbons (Fsp3) is 0.389. The predicted octanol–water partition coefficient (Wildman–Crippen LogP) is 3.73.